The second kappa shape index (κ2) is 5.53. The summed E-state index contributed by atoms with van der Waals surface area (Å²) in [5.41, 5.74) is 1.44. The van der Waals surface area contributed by atoms with Gasteiger partial charge < -0.3 is 9.26 Å². The molecule has 3 aromatic rings. The van der Waals surface area contributed by atoms with Crippen molar-refractivity contribution >= 4 is 5.97 Å². The standard InChI is InChI=1S/C13H11N5O3/c1-20-13(19)11-12(9-2-5-14-6-3-9)18(17-16-11)8-10-4-7-15-21-10/h2-7H,8H2,1H3. The maximum Gasteiger partial charge on any atom is 0.360 e. The predicted octanol–water partition coefficient (Wildman–Crippen LogP) is 1.16. The van der Waals surface area contributed by atoms with E-state index in [0.29, 0.717) is 18.0 Å². The molecule has 0 saturated heterocycles. The van der Waals surface area contributed by atoms with Crippen LogP contribution < -0.4 is 0 Å². The molecule has 0 amide bonds. The van der Waals surface area contributed by atoms with Gasteiger partial charge in [0.1, 0.15) is 12.2 Å². The Balaban J connectivity index is 2.08. The second-order valence-electron chi connectivity index (χ2n) is 4.15. The highest BCUT2D eigenvalue weighted by Crippen LogP contribution is 2.23. The number of pyridine rings is 1. The summed E-state index contributed by atoms with van der Waals surface area (Å²) in [6.45, 7) is 0.307. The van der Waals surface area contributed by atoms with Gasteiger partial charge in [-0.05, 0) is 12.1 Å². The molecular formula is C13H11N5O3. The minimum Gasteiger partial charge on any atom is -0.464 e. The van der Waals surface area contributed by atoms with E-state index >= 15 is 0 Å². The lowest BCUT2D eigenvalue weighted by Gasteiger charge is -2.05. The maximum atomic E-state index is 11.8. The van der Waals surface area contributed by atoms with Crippen molar-refractivity contribution in [2.75, 3.05) is 7.11 Å². The van der Waals surface area contributed by atoms with Crippen molar-refractivity contribution < 1.29 is 14.1 Å². The summed E-state index contributed by atoms with van der Waals surface area (Å²) in [5, 5.41) is 11.5. The van der Waals surface area contributed by atoms with E-state index in [1.807, 2.05) is 0 Å². The average Bonchev–Trinajstić information content (AvgIpc) is 3.17. The first kappa shape index (κ1) is 13.0. The fourth-order valence-electron chi connectivity index (χ4n) is 1.92. The molecule has 0 aliphatic rings. The Morgan fingerprint density at radius 1 is 1.29 bits per heavy atom. The molecule has 8 heteroatoms. The first-order valence-corrected chi connectivity index (χ1v) is 6.11. The SMILES string of the molecule is COC(=O)c1nnn(Cc2ccno2)c1-c1ccncc1. The number of hydrogen-bond acceptors (Lipinski definition) is 7. The monoisotopic (exact) mass is 285 g/mol. The Labute approximate surface area is 119 Å². The lowest BCUT2D eigenvalue weighted by molar-refractivity contribution is 0.0595. The van der Waals surface area contributed by atoms with Crippen molar-refractivity contribution in [2.24, 2.45) is 0 Å². The Morgan fingerprint density at radius 3 is 2.76 bits per heavy atom. The normalized spacial score (nSPS) is 10.5. The van der Waals surface area contributed by atoms with Crippen LogP contribution in [-0.4, -0.2) is 38.2 Å². The molecule has 0 bridgehead atoms. The van der Waals surface area contributed by atoms with E-state index < -0.39 is 5.97 Å². The van der Waals surface area contributed by atoms with Crippen molar-refractivity contribution in [3.05, 3.63) is 48.2 Å². The maximum absolute atomic E-state index is 11.8. The second-order valence-corrected chi connectivity index (χ2v) is 4.15. The van der Waals surface area contributed by atoms with Crippen molar-refractivity contribution in [2.45, 2.75) is 6.54 Å². The zero-order valence-electron chi connectivity index (χ0n) is 11.1. The van der Waals surface area contributed by atoms with Crippen LogP contribution in [0.15, 0.2) is 41.3 Å². The summed E-state index contributed by atoms with van der Waals surface area (Å²) in [4.78, 5) is 15.8. The number of nitrogens with zero attached hydrogens (tertiary/aromatic N) is 5. The molecule has 0 aliphatic carbocycles. The molecule has 0 radical (unpaired) electrons. The third-order valence-corrected chi connectivity index (χ3v) is 2.86. The quantitative estimate of drug-likeness (QED) is 0.663. The first-order valence-electron chi connectivity index (χ1n) is 6.11. The van der Waals surface area contributed by atoms with Gasteiger partial charge in [-0.2, -0.15) is 0 Å². The van der Waals surface area contributed by atoms with Gasteiger partial charge in [0.2, 0.25) is 0 Å². The molecule has 3 heterocycles. The van der Waals surface area contributed by atoms with Gasteiger partial charge in [-0.3, -0.25) is 4.98 Å². The molecule has 0 unspecified atom stereocenters. The zero-order valence-corrected chi connectivity index (χ0v) is 11.1. The summed E-state index contributed by atoms with van der Waals surface area (Å²) in [7, 11) is 1.30. The summed E-state index contributed by atoms with van der Waals surface area (Å²) >= 11 is 0. The third-order valence-electron chi connectivity index (χ3n) is 2.86. The van der Waals surface area contributed by atoms with Crippen LogP contribution in [-0.2, 0) is 11.3 Å². The lowest BCUT2D eigenvalue weighted by Crippen LogP contribution is -2.07. The van der Waals surface area contributed by atoms with Crippen LogP contribution in [0.2, 0.25) is 0 Å². The van der Waals surface area contributed by atoms with Crippen LogP contribution in [0.5, 0.6) is 0 Å². The lowest BCUT2D eigenvalue weighted by atomic mass is 10.1. The van der Waals surface area contributed by atoms with Gasteiger partial charge in [-0.1, -0.05) is 10.4 Å². The van der Waals surface area contributed by atoms with Gasteiger partial charge in [-0.25, -0.2) is 9.48 Å². The number of carbonyl (C=O) groups is 1. The molecule has 3 aromatic heterocycles. The number of aromatic nitrogens is 5. The Morgan fingerprint density at radius 2 is 2.10 bits per heavy atom. The predicted molar refractivity (Wildman–Crippen MR) is 70.2 cm³/mol. The van der Waals surface area contributed by atoms with Gasteiger partial charge in [0.15, 0.2) is 11.5 Å². The van der Waals surface area contributed by atoms with E-state index in [-0.39, 0.29) is 5.69 Å². The molecule has 0 aromatic carbocycles. The van der Waals surface area contributed by atoms with Crippen LogP contribution in [0.25, 0.3) is 11.3 Å². The highest BCUT2D eigenvalue weighted by Gasteiger charge is 2.22. The molecule has 0 spiro atoms. The molecule has 0 saturated carbocycles. The first-order chi connectivity index (χ1) is 10.3. The van der Waals surface area contributed by atoms with Gasteiger partial charge in [0.25, 0.3) is 0 Å². The molecule has 0 aliphatic heterocycles. The summed E-state index contributed by atoms with van der Waals surface area (Å²) in [6, 6.07) is 5.25. The number of hydrogen-bond donors (Lipinski definition) is 0. The summed E-state index contributed by atoms with van der Waals surface area (Å²) in [5.74, 6) is 0.0530. The Bertz CT molecular complexity index is 737. The van der Waals surface area contributed by atoms with E-state index in [2.05, 4.69) is 20.5 Å². The minimum absolute atomic E-state index is 0.142. The molecule has 0 atom stereocenters. The van der Waals surface area contributed by atoms with Crippen LogP contribution in [0.1, 0.15) is 16.2 Å². The summed E-state index contributed by atoms with van der Waals surface area (Å²) < 4.78 is 11.4. The molecule has 8 nitrogen and oxygen atoms in total. The van der Waals surface area contributed by atoms with E-state index in [1.165, 1.54) is 7.11 Å². The largest absolute Gasteiger partial charge is 0.464 e. The Kier molecular flexibility index (Phi) is 3.42. The highest BCUT2D eigenvalue weighted by atomic mass is 16.5. The molecule has 0 N–H and O–H groups in total. The van der Waals surface area contributed by atoms with Crippen molar-refractivity contribution in [1.29, 1.82) is 0 Å². The van der Waals surface area contributed by atoms with Crippen molar-refractivity contribution in [1.82, 2.24) is 25.1 Å². The van der Waals surface area contributed by atoms with Gasteiger partial charge in [-0.15, -0.1) is 5.10 Å². The van der Waals surface area contributed by atoms with E-state index in [1.54, 1.807) is 41.5 Å². The van der Waals surface area contributed by atoms with Gasteiger partial charge >= 0.3 is 5.97 Å². The number of esters is 1. The molecular weight excluding hydrogens is 274 g/mol. The molecule has 21 heavy (non-hydrogen) atoms. The fraction of sp³-hybridized carbons (Fsp3) is 0.154. The van der Waals surface area contributed by atoms with E-state index in [9.17, 15) is 4.79 Å². The number of ether oxygens (including phenoxy) is 1. The van der Waals surface area contributed by atoms with Crippen molar-refractivity contribution in [3.8, 4) is 11.3 Å². The molecule has 0 fully saturated rings. The number of rotatable bonds is 4. The third kappa shape index (κ3) is 2.50. The van der Waals surface area contributed by atoms with Crippen LogP contribution >= 0.6 is 0 Å². The van der Waals surface area contributed by atoms with Gasteiger partial charge in [0, 0.05) is 24.0 Å². The number of carbonyl (C=O) groups excluding carboxylic acids is 1. The van der Waals surface area contributed by atoms with Gasteiger partial charge in [0.05, 0.1) is 13.3 Å². The van der Waals surface area contributed by atoms with Crippen LogP contribution in [0.4, 0.5) is 0 Å². The zero-order chi connectivity index (χ0) is 14.7. The van der Waals surface area contributed by atoms with E-state index in [4.69, 9.17) is 9.26 Å². The smallest absolute Gasteiger partial charge is 0.360 e. The topological polar surface area (TPSA) is 95.9 Å². The van der Waals surface area contributed by atoms with E-state index in [0.717, 1.165) is 5.56 Å². The van der Waals surface area contributed by atoms with Crippen molar-refractivity contribution in [3.63, 3.8) is 0 Å². The Hall–Kier alpha value is -3.03. The van der Waals surface area contributed by atoms with Crippen LogP contribution in [0, 0.1) is 0 Å². The highest BCUT2D eigenvalue weighted by molar-refractivity contribution is 5.93. The number of methoxy groups -OCH3 is 1. The average molecular weight is 285 g/mol. The fourth-order valence-corrected chi connectivity index (χ4v) is 1.92. The van der Waals surface area contributed by atoms with Crippen LogP contribution in [0.3, 0.4) is 0 Å². The summed E-state index contributed by atoms with van der Waals surface area (Å²) in [6.07, 6.45) is 4.80. The minimum atomic E-state index is -0.550. The molecule has 3 rings (SSSR count). The molecule has 106 valence electrons.